The molecule has 3 N–H and O–H groups in total. The monoisotopic (exact) mass is 628 g/mol. The van der Waals surface area contributed by atoms with Gasteiger partial charge in [-0.1, -0.05) is 71.9 Å². The van der Waals surface area contributed by atoms with Crippen molar-refractivity contribution in [2.75, 3.05) is 19.6 Å². The van der Waals surface area contributed by atoms with Crippen LogP contribution in [0.4, 0.5) is 0 Å². The van der Waals surface area contributed by atoms with Crippen molar-refractivity contribution in [2.24, 2.45) is 56.7 Å². The van der Waals surface area contributed by atoms with E-state index in [4.69, 9.17) is 0 Å². The number of hydrogen-bond donors (Lipinski definition) is 3. The summed E-state index contributed by atoms with van der Waals surface area (Å²) in [5.74, 6) is 2.00. The van der Waals surface area contributed by atoms with Crippen molar-refractivity contribution < 1.29 is 14.7 Å². The van der Waals surface area contributed by atoms with Crippen LogP contribution < -0.4 is 10.6 Å². The van der Waals surface area contributed by atoms with Gasteiger partial charge in [0, 0.05) is 13.1 Å². The molecule has 4 fully saturated rings. The van der Waals surface area contributed by atoms with Crippen molar-refractivity contribution in [3.63, 3.8) is 0 Å². The minimum absolute atomic E-state index is 0.000234. The molecule has 1 aromatic carbocycles. The molecule has 0 aliphatic heterocycles. The summed E-state index contributed by atoms with van der Waals surface area (Å²) in [6.45, 7) is 24.1. The molecule has 6 rings (SSSR count). The molecule has 0 bridgehead atoms. The first-order valence-corrected chi connectivity index (χ1v) is 18.4. The lowest BCUT2D eigenvalue weighted by molar-refractivity contribution is -0.225. The third-order valence-corrected chi connectivity index (χ3v) is 15.4. The molecule has 5 aliphatic rings. The normalized spacial score (nSPS) is 40.8. The molecule has 0 saturated heterocycles. The zero-order chi connectivity index (χ0) is 33.3. The maximum atomic E-state index is 14.2. The van der Waals surface area contributed by atoms with Crippen LogP contribution in [0.3, 0.4) is 0 Å². The molecular weight excluding hydrogens is 568 g/mol. The van der Waals surface area contributed by atoms with Gasteiger partial charge in [-0.05, 0) is 146 Å². The van der Waals surface area contributed by atoms with Gasteiger partial charge < -0.3 is 15.7 Å². The third-order valence-electron chi connectivity index (χ3n) is 15.4. The first-order valence-electron chi connectivity index (χ1n) is 18.4. The van der Waals surface area contributed by atoms with Crippen LogP contribution in [0.25, 0.3) is 5.57 Å². The highest BCUT2D eigenvalue weighted by molar-refractivity contribution is 5.88. The van der Waals surface area contributed by atoms with E-state index in [0.717, 1.165) is 45.2 Å². The number of benzene rings is 1. The number of nitrogens with one attached hydrogen (secondary N) is 2. The molecule has 5 heteroatoms. The molecule has 0 radical (unpaired) electrons. The van der Waals surface area contributed by atoms with Crippen LogP contribution in [0.5, 0.6) is 0 Å². The Morgan fingerprint density at radius 1 is 0.891 bits per heavy atom. The fourth-order valence-corrected chi connectivity index (χ4v) is 13.0. The predicted molar refractivity (Wildman–Crippen MR) is 187 cm³/mol. The van der Waals surface area contributed by atoms with Crippen LogP contribution in [0.15, 0.2) is 42.5 Å². The first-order chi connectivity index (χ1) is 21.7. The maximum Gasteiger partial charge on any atom is 0.335 e. The Morgan fingerprint density at radius 2 is 1.61 bits per heavy atom. The number of aromatic carboxylic acids is 1. The second-order valence-corrected chi connectivity index (χ2v) is 17.4. The van der Waals surface area contributed by atoms with Crippen molar-refractivity contribution in [1.29, 1.82) is 0 Å². The Kier molecular flexibility index (Phi) is 8.47. The number of amides is 1. The number of carboxylic acids is 1. The quantitative estimate of drug-likeness (QED) is 0.199. The molecule has 252 valence electrons. The number of allylic oxidation sites excluding steroid dienone is 3. The van der Waals surface area contributed by atoms with E-state index in [1.54, 1.807) is 12.1 Å². The van der Waals surface area contributed by atoms with Crippen LogP contribution in [-0.2, 0) is 4.79 Å². The minimum Gasteiger partial charge on any atom is -0.478 e. The average Bonchev–Trinajstić information content (AvgIpc) is 3.41. The summed E-state index contributed by atoms with van der Waals surface area (Å²) >= 11 is 0. The van der Waals surface area contributed by atoms with E-state index in [1.807, 2.05) is 12.1 Å². The zero-order valence-electron chi connectivity index (χ0n) is 29.7. The maximum absolute atomic E-state index is 14.2. The molecule has 1 unspecified atom stereocenters. The SMILES string of the molecule is C=C(C)[C@@H]1CC[C@]2(C(=O)NCCNCC)CC[C@]3(C)C(CC[C@@H]4[C@@]5(C)CC=C(c6ccc(C(=O)O)cc6)C(C)(C)[C@@H]5CC[C@]43C)[C@@H]12. The fraction of sp³-hybridized carbons (Fsp3) is 0.707. The summed E-state index contributed by atoms with van der Waals surface area (Å²) in [6, 6.07) is 7.55. The van der Waals surface area contributed by atoms with Crippen molar-refractivity contribution in [3.8, 4) is 0 Å². The smallest absolute Gasteiger partial charge is 0.335 e. The van der Waals surface area contributed by atoms with Gasteiger partial charge in [0.05, 0.1) is 11.0 Å². The Morgan fingerprint density at radius 3 is 2.26 bits per heavy atom. The molecule has 0 spiro atoms. The number of rotatable bonds is 8. The van der Waals surface area contributed by atoms with Gasteiger partial charge in [-0.25, -0.2) is 4.79 Å². The fourth-order valence-electron chi connectivity index (χ4n) is 13.0. The van der Waals surface area contributed by atoms with Gasteiger partial charge in [-0.2, -0.15) is 0 Å². The highest BCUT2D eigenvalue weighted by Crippen LogP contribution is 2.77. The minimum atomic E-state index is -0.872. The first kappa shape index (κ1) is 33.5. The number of carbonyl (C=O) groups is 2. The average molecular weight is 629 g/mol. The Hall–Kier alpha value is -2.40. The van der Waals surface area contributed by atoms with Crippen molar-refractivity contribution in [3.05, 3.63) is 53.6 Å². The van der Waals surface area contributed by atoms with E-state index < -0.39 is 5.97 Å². The van der Waals surface area contributed by atoms with E-state index in [2.05, 4.69) is 71.8 Å². The van der Waals surface area contributed by atoms with Crippen LogP contribution >= 0.6 is 0 Å². The summed E-state index contributed by atoms with van der Waals surface area (Å²) in [7, 11) is 0. The Labute approximate surface area is 278 Å². The van der Waals surface area contributed by atoms with Crippen LogP contribution in [0.1, 0.15) is 122 Å². The molecule has 5 aliphatic carbocycles. The van der Waals surface area contributed by atoms with E-state index in [0.29, 0.717) is 47.6 Å². The van der Waals surface area contributed by atoms with Gasteiger partial charge in [-0.3, -0.25) is 4.79 Å². The van der Waals surface area contributed by atoms with E-state index in [9.17, 15) is 14.7 Å². The lowest BCUT2D eigenvalue weighted by Crippen LogP contribution is -2.66. The molecule has 1 amide bonds. The van der Waals surface area contributed by atoms with Crippen molar-refractivity contribution in [1.82, 2.24) is 10.6 Å². The highest BCUT2D eigenvalue weighted by Gasteiger charge is 2.71. The van der Waals surface area contributed by atoms with Crippen LogP contribution in [0, 0.1) is 56.7 Å². The molecule has 1 aromatic rings. The summed E-state index contributed by atoms with van der Waals surface area (Å²) in [6.07, 6.45) is 12.8. The van der Waals surface area contributed by atoms with E-state index >= 15 is 0 Å². The van der Waals surface area contributed by atoms with Gasteiger partial charge in [0.15, 0.2) is 0 Å². The molecule has 5 nitrogen and oxygen atoms in total. The van der Waals surface area contributed by atoms with Crippen LogP contribution in [0.2, 0.25) is 0 Å². The number of carboxylic acid groups (broad SMARTS) is 1. The lowest BCUT2D eigenvalue weighted by Gasteiger charge is -2.72. The van der Waals surface area contributed by atoms with Crippen LogP contribution in [-0.4, -0.2) is 36.6 Å². The van der Waals surface area contributed by atoms with E-state index in [1.165, 1.54) is 42.4 Å². The summed E-state index contributed by atoms with van der Waals surface area (Å²) in [5, 5.41) is 16.2. The number of hydrogen-bond acceptors (Lipinski definition) is 3. The standard InChI is InChI=1S/C41H60N2O3/c1-9-42-24-25-43-36(46)41-21-16-29(26(2)3)34(41)31-14-15-33-38(6)19-17-30(27-10-12-28(13-11-27)35(44)45)37(4,5)32(38)18-20-40(33,8)39(31,7)22-23-41/h10-13,17,29,31-34,42H,2,9,14-16,18-25H2,1,3-8H3,(H,43,46)(H,44,45)/t29-,31?,32-,33+,34+,38-,39+,40+,41-/m0/s1. The highest BCUT2D eigenvalue weighted by atomic mass is 16.4. The van der Waals surface area contributed by atoms with Crippen molar-refractivity contribution in [2.45, 2.75) is 106 Å². The summed E-state index contributed by atoms with van der Waals surface area (Å²) in [4.78, 5) is 25.7. The number of fused-ring (bicyclic) bond motifs is 7. The Balaban J connectivity index is 1.32. The van der Waals surface area contributed by atoms with Gasteiger partial charge in [-0.15, -0.1) is 0 Å². The number of likely N-dealkylation sites (N-methyl/N-ethyl adjacent to an activating group) is 1. The zero-order valence-corrected chi connectivity index (χ0v) is 29.7. The van der Waals surface area contributed by atoms with Crippen molar-refractivity contribution >= 4 is 17.4 Å². The lowest BCUT2D eigenvalue weighted by atomic mass is 9.32. The molecule has 0 heterocycles. The summed E-state index contributed by atoms with van der Waals surface area (Å²) < 4.78 is 0. The third kappa shape index (κ3) is 4.71. The second-order valence-electron chi connectivity index (χ2n) is 17.4. The van der Waals surface area contributed by atoms with Gasteiger partial charge >= 0.3 is 5.97 Å². The molecule has 46 heavy (non-hydrogen) atoms. The van der Waals surface area contributed by atoms with Gasteiger partial charge in [0.1, 0.15) is 0 Å². The topological polar surface area (TPSA) is 78.4 Å². The number of carbonyl (C=O) groups excluding carboxylic acids is 1. The second kappa shape index (κ2) is 11.6. The molecule has 4 saturated carbocycles. The van der Waals surface area contributed by atoms with Gasteiger partial charge in [0.2, 0.25) is 5.91 Å². The summed E-state index contributed by atoms with van der Waals surface area (Å²) in [5.41, 5.74) is 4.54. The molecule has 0 aromatic heterocycles. The van der Waals surface area contributed by atoms with E-state index in [-0.39, 0.29) is 27.1 Å². The molecular formula is C41H60N2O3. The van der Waals surface area contributed by atoms with Gasteiger partial charge in [0.25, 0.3) is 0 Å². The Bertz CT molecular complexity index is 1410. The predicted octanol–water partition coefficient (Wildman–Crippen LogP) is 8.76. The molecule has 9 atom stereocenters. The largest absolute Gasteiger partial charge is 0.478 e.